The van der Waals surface area contributed by atoms with E-state index in [1.807, 2.05) is 24.0 Å². The molecule has 1 aliphatic heterocycles. The zero-order valence-electron chi connectivity index (χ0n) is 13.8. The van der Waals surface area contributed by atoms with Gasteiger partial charge in [-0.05, 0) is 45.6 Å². The maximum absolute atomic E-state index is 13.6. The minimum atomic E-state index is -0.248. The summed E-state index contributed by atoms with van der Waals surface area (Å²) in [6.45, 7) is 2.42. The average molecular weight is 394 g/mol. The second kappa shape index (κ2) is 7.34. The van der Waals surface area contributed by atoms with Crippen LogP contribution in [0.3, 0.4) is 0 Å². The third-order valence-electron chi connectivity index (χ3n) is 4.33. The van der Waals surface area contributed by atoms with Gasteiger partial charge in [-0.25, -0.2) is 4.39 Å². The first-order valence-electron chi connectivity index (χ1n) is 7.95. The van der Waals surface area contributed by atoms with Crippen LogP contribution in [0.4, 0.5) is 4.39 Å². The predicted octanol–water partition coefficient (Wildman–Crippen LogP) is 2.89. The molecule has 0 saturated carbocycles. The number of nitrogens with zero attached hydrogens (tertiary/aromatic N) is 4. The Morgan fingerprint density at radius 3 is 3.00 bits per heavy atom. The lowest BCUT2D eigenvalue weighted by molar-refractivity contribution is 0.485. The highest BCUT2D eigenvalue weighted by Gasteiger charge is 2.26. The molecule has 128 valence electrons. The molecule has 1 aliphatic rings. The summed E-state index contributed by atoms with van der Waals surface area (Å²) < 4.78 is 15.9. The highest BCUT2D eigenvalue weighted by molar-refractivity contribution is 9.10. The summed E-state index contributed by atoms with van der Waals surface area (Å²) in [5, 5.41) is 7.58. The molecule has 24 heavy (non-hydrogen) atoms. The number of aryl methyl sites for hydroxylation is 1. The molecule has 0 radical (unpaired) electrons. The fourth-order valence-electron chi connectivity index (χ4n) is 3.04. The van der Waals surface area contributed by atoms with Crippen LogP contribution in [-0.2, 0) is 13.6 Å². The predicted molar refractivity (Wildman–Crippen MR) is 96.4 cm³/mol. The van der Waals surface area contributed by atoms with Crippen LogP contribution in [0.2, 0.25) is 0 Å². The highest BCUT2D eigenvalue weighted by Crippen LogP contribution is 2.26. The Morgan fingerprint density at radius 2 is 2.33 bits per heavy atom. The van der Waals surface area contributed by atoms with E-state index < -0.39 is 0 Å². The molecule has 0 bridgehead atoms. The number of aliphatic imine (C=N–C) groups is 1. The van der Waals surface area contributed by atoms with Crippen LogP contribution in [0.15, 0.2) is 40.1 Å². The van der Waals surface area contributed by atoms with Gasteiger partial charge in [0.15, 0.2) is 5.96 Å². The molecule has 0 amide bonds. The van der Waals surface area contributed by atoms with Crippen molar-refractivity contribution in [2.45, 2.75) is 18.9 Å². The van der Waals surface area contributed by atoms with E-state index in [9.17, 15) is 4.39 Å². The van der Waals surface area contributed by atoms with Crippen molar-refractivity contribution < 1.29 is 4.39 Å². The molecule has 1 saturated heterocycles. The zero-order valence-corrected chi connectivity index (χ0v) is 15.4. The van der Waals surface area contributed by atoms with Crippen LogP contribution in [0, 0.1) is 5.82 Å². The van der Waals surface area contributed by atoms with Crippen LogP contribution >= 0.6 is 15.9 Å². The van der Waals surface area contributed by atoms with E-state index in [4.69, 9.17) is 0 Å². The van der Waals surface area contributed by atoms with Crippen molar-refractivity contribution in [2.75, 3.05) is 20.1 Å². The number of aromatic nitrogens is 2. The normalized spacial score (nSPS) is 18.2. The van der Waals surface area contributed by atoms with Crippen LogP contribution in [0.25, 0.3) is 0 Å². The molecule has 2 heterocycles. The number of likely N-dealkylation sites (tertiary alicyclic amines) is 1. The van der Waals surface area contributed by atoms with Crippen molar-refractivity contribution >= 4 is 21.9 Å². The van der Waals surface area contributed by atoms with Crippen molar-refractivity contribution in [1.82, 2.24) is 20.0 Å². The Kier molecular flexibility index (Phi) is 5.18. The molecule has 1 unspecified atom stereocenters. The summed E-state index contributed by atoms with van der Waals surface area (Å²) >= 11 is 3.17. The summed E-state index contributed by atoms with van der Waals surface area (Å²) in [4.78, 5) is 6.61. The van der Waals surface area contributed by atoms with Gasteiger partial charge in [-0.15, -0.1) is 0 Å². The van der Waals surface area contributed by atoms with Crippen molar-refractivity contribution in [3.63, 3.8) is 0 Å². The standard InChI is InChI=1S/C17H21BrFN5/c1-20-17(21-8-12-3-4-15(18)16(19)7-12)24-6-5-13(11-24)14-9-22-23(2)10-14/h3-4,7,9-10,13H,5-6,8,11H2,1-2H3,(H,20,21). The van der Waals surface area contributed by atoms with E-state index >= 15 is 0 Å². The van der Waals surface area contributed by atoms with Gasteiger partial charge < -0.3 is 10.2 Å². The van der Waals surface area contributed by atoms with E-state index in [-0.39, 0.29) is 5.82 Å². The van der Waals surface area contributed by atoms with E-state index in [2.05, 4.69) is 42.4 Å². The maximum atomic E-state index is 13.6. The molecule has 0 aliphatic carbocycles. The number of benzene rings is 1. The van der Waals surface area contributed by atoms with Gasteiger partial charge in [0.2, 0.25) is 0 Å². The Hall–Kier alpha value is -1.89. The SMILES string of the molecule is CN=C(NCc1ccc(Br)c(F)c1)N1CCC(c2cnn(C)c2)C1. The van der Waals surface area contributed by atoms with E-state index in [1.165, 1.54) is 11.6 Å². The van der Waals surface area contributed by atoms with Crippen molar-refractivity contribution in [3.8, 4) is 0 Å². The minimum Gasteiger partial charge on any atom is -0.352 e. The molecule has 7 heteroatoms. The van der Waals surface area contributed by atoms with Crippen LogP contribution < -0.4 is 5.32 Å². The van der Waals surface area contributed by atoms with Crippen molar-refractivity contribution in [2.24, 2.45) is 12.0 Å². The van der Waals surface area contributed by atoms with Gasteiger partial charge in [0.25, 0.3) is 0 Å². The molecule has 3 rings (SSSR count). The second-order valence-electron chi connectivity index (χ2n) is 6.03. The summed E-state index contributed by atoms with van der Waals surface area (Å²) in [6.07, 6.45) is 5.10. The first-order valence-corrected chi connectivity index (χ1v) is 8.74. The van der Waals surface area contributed by atoms with Gasteiger partial charge in [-0.1, -0.05) is 6.07 Å². The topological polar surface area (TPSA) is 45.5 Å². The second-order valence-corrected chi connectivity index (χ2v) is 6.88. The van der Waals surface area contributed by atoms with E-state index in [0.29, 0.717) is 16.9 Å². The summed E-state index contributed by atoms with van der Waals surface area (Å²) in [5.41, 5.74) is 2.16. The largest absolute Gasteiger partial charge is 0.352 e. The Morgan fingerprint density at radius 1 is 1.50 bits per heavy atom. The highest BCUT2D eigenvalue weighted by atomic mass is 79.9. The van der Waals surface area contributed by atoms with E-state index in [0.717, 1.165) is 31.0 Å². The first-order chi connectivity index (χ1) is 11.6. The lowest BCUT2D eigenvalue weighted by atomic mass is 10.0. The minimum absolute atomic E-state index is 0.248. The molecular weight excluding hydrogens is 373 g/mol. The number of hydrogen-bond acceptors (Lipinski definition) is 2. The monoisotopic (exact) mass is 393 g/mol. The van der Waals surface area contributed by atoms with Crippen LogP contribution in [0.5, 0.6) is 0 Å². The van der Waals surface area contributed by atoms with Crippen molar-refractivity contribution in [3.05, 3.63) is 52.0 Å². The van der Waals surface area contributed by atoms with Crippen LogP contribution in [-0.4, -0.2) is 40.8 Å². The number of guanidine groups is 1. The number of nitrogens with one attached hydrogen (secondary N) is 1. The zero-order chi connectivity index (χ0) is 17.1. The molecule has 2 aromatic rings. The summed E-state index contributed by atoms with van der Waals surface area (Å²) in [6, 6.07) is 5.16. The first kappa shape index (κ1) is 17.0. The summed E-state index contributed by atoms with van der Waals surface area (Å²) in [7, 11) is 3.72. The number of hydrogen-bond donors (Lipinski definition) is 1. The summed E-state index contributed by atoms with van der Waals surface area (Å²) in [5.74, 6) is 1.08. The molecule has 1 atom stereocenters. The Bertz CT molecular complexity index is 742. The fraction of sp³-hybridized carbons (Fsp3) is 0.412. The van der Waals surface area contributed by atoms with Gasteiger partial charge in [0, 0.05) is 45.8 Å². The van der Waals surface area contributed by atoms with Gasteiger partial charge in [0.05, 0.1) is 10.7 Å². The van der Waals surface area contributed by atoms with Gasteiger partial charge in [-0.3, -0.25) is 9.67 Å². The van der Waals surface area contributed by atoms with E-state index in [1.54, 1.807) is 13.1 Å². The Labute approximate surface area is 149 Å². The maximum Gasteiger partial charge on any atom is 0.193 e. The molecule has 0 spiro atoms. The molecule has 1 N–H and O–H groups in total. The molecule has 1 aromatic carbocycles. The molecule has 5 nitrogen and oxygen atoms in total. The molecule has 1 fully saturated rings. The smallest absolute Gasteiger partial charge is 0.193 e. The van der Waals surface area contributed by atoms with Gasteiger partial charge in [-0.2, -0.15) is 5.10 Å². The van der Waals surface area contributed by atoms with Crippen molar-refractivity contribution in [1.29, 1.82) is 0 Å². The fourth-order valence-corrected chi connectivity index (χ4v) is 3.29. The van der Waals surface area contributed by atoms with Gasteiger partial charge in [0.1, 0.15) is 5.82 Å². The lowest BCUT2D eigenvalue weighted by Gasteiger charge is -2.21. The lowest BCUT2D eigenvalue weighted by Crippen LogP contribution is -2.39. The number of rotatable bonds is 3. The number of halogens is 2. The third-order valence-corrected chi connectivity index (χ3v) is 4.97. The Balaban J connectivity index is 1.59. The average Bonchev–Trinajstić information content (AvgIpc) is 3.20. The quantitative estimate of drug-likeness (QED) is 0.643. The van der Waals surface area contributed by atoms with Gasteiger partial charge >= 0.3 is 0 Å². The third kappa shape index (κ3) is 3.77. The molecule has 1 aromatic heterocycles. The van der Waals surface area contributed by atoms with Crippen LogP contribution in [0.1, 0.15) is 23.5 Å². The molecular formula is C17H21BrFN5.